The minimum atomic E-state index is -3.55. The highest BCUT2D eigenvalue weighted by molar-refractivity contribution is 7.92. The van der Waals surface area contributed by atoms with Crippen LogP contribution < -0.4 is 4.31 Å². The normalized spacial score (nSPS) is 13.1. The smallest absolute Gasteiger partial charge is 0.239 e. The van der Waals surface area contributed by atoms with Gasteiger partial charge in [0.1, 0.15) is 5.82 Å². The van der Waals surface area contributed by atoms with Crippen molar-refractivity contribution in [2.75, 3.05) is 17.6 Å². The molecule has 0 amide bonds. The molecule has 0 bridgehead atoms. The van der Waals surface area contributed by atoms with Crippen molar-refractivity contribution in [1.29, 1.82) is 0 Å². The maximum absolute atomic E-state index is 13.3. The molecule has 0 fully saturated rings. The Kier molecular flexibility index (Phi) is 5.43. The largest absolute Gasteiger partial charge is 0.389 e. The van der Waals surface area contributed by atoms with Crippen LogP contribution >= 0.6 is 0 Å². The van der Waals surface area contributed by atoms with Gasteiger partial charge in [0.05, 0.1) is 23.7 Å². The molecule has 1 aromatic heterocycles. The van der Waals surface area contributed by atoms with Crippen LogP contribution in [0.25, 0.3) is 11.3 Å². The fourth-order valence-electron chi connectivity index (χ4n) is 2.44. The van der Waals surface area contributed by atoms with E-state index in [1.165, 1.54) is 31.3 Å². The zero-order chi connectivity index (χ0) is 18.9. The average Bonchev–Trinajstić information content (AvgIpc) is 2.52. The minimum Gasteiger partial charge on any atom is -0.389 e. The number of hydrogen-bond acceptors (Lipinski definition) is 5. The Morgan fingerprint density at radius 1 is 1.12 bits per heavy atom. The van der Waals surface area contributed by atoms with E-state index in [1.807, 2.05) is 13.8 Å². The van der Waals surface area contributed by atoms with E-state index >= 15 is 0 Å². The second kappa shape index (κ2) is 7.05. The van der Waals surface area contributed by atoms with Gasteiger partial charge in [-0.05, 0) is 37.1 Å². The van der Waals surface area contributed by atoms with Gasteiger partial charge in [-0.25, -0.2) is 27.1 Å². The number of aliphatic hydroxyl groups excluding tert-OH is 1. The molecule has 0 aliphatic heterocycles. The zero-order valence-electron chi connectivity index (χ0n) is 14.9. The van der Waals surface area contributed by atoms with Gasteiger partial charge in [0.25, 0.3) is 0 Å². The molecule has 0 saturated heterocycles. The molecule has 1 unspecified atom stereocenters. The standard InChI is InChI=1S/C17H22FN3O3S/c1-10(2)15-14(11(3)22)16(12-6-8-13(18)9-7-12)20-17(19-15)21(4)25(5,23)24/h6-11,22H,1-5H3. The van der Waals surface area contributed by atoms with Gasteiger partial charge in [-0.1, -0.05) is 13.8 Å². The first-order chi connectivity index (χ1) is 11.5. The quantitative estimate of drug-likeness (QED) is 0.878. The van der Waals surface area contributed by atoms with Crippen molar-refractivity contribution in [3.8, 4) is 11.3 Å². The summed E-state index contributed by atoms with van der Waals surface area (Å²) in [5, 5.41) is 10.3. The molecule has 2 rings (SSSR count). The van der Waals surface area contributed by atoms with Crippen molar-refractivity contribution in [1.82, 2.24) is 9.97 Å². The van der Waals surface area contributed by atoms with Gasteiger partial charge in [0.15, 0.2) is 0 Å². The predicted molar refractivity (Wildman–Crippen MR) is 95.4 cm³/mol. The number of halogens is 1. The van der Waals surface area contributed by atoms with Crippen LogP contribution in [-0.4, -0.2) is 36.8 Å². The number of aliphatic hydroxyl groups is 1. The second-order valence-corrected chi connectivity index (χ2v) is 8.25. The Morgan fingerprint density at radius 2 is 1.68 bits per heavy atom. The van der Waals surface area contributed by atoms with Crippen LogP contribution in [0.3, 0.4) is 0 Å². The van der Waals surface area contributed by atoms with E-state index in [9.17, 15) is 17.9 Å². The molecule has 1 N–H and O–H groups in total. The molecule has 2 aromatic rings. The molecule has 136 valence electrons. The van der Waals surface area contributed by atoms with Gasteiger partial charge in [0.2, 0.25) is 16.0 Å². The Bertz CT molecular complexity index is 865. The van der Waals surface area contributed by atoms with Crippen molar-refractivity contribution >= 4 is 16.0 Å². The fourth-order valence-corrected chi connectivity index (χ4v) is 2.82. The summed E-state index contributed by atoms with van der Waals surface area (Å²) in [6.45, 7) is 5.39. The summed E-state index contributed by atoms with van der Waals surface area (Å²) in [5.41, 5.74) is 2.02. The van der Waals surface area contributed by atoms with E-state index in [0.717, 1.165) is 10.6 Å². The molecular weight excluding hydrogens is 345 g/mol. The van der Waals surface area contributed by atoms with E-state index in [-0.39, 0.29) is 11.9 Å². The number of rotatable bonds is 5. The van der Waals surface area contributed by atoms with Crippen LogP contribution in [0.1, 0.15) is 44.1 Å². The number of sulfonamides is 1. The van der Waals surface area contributed by atoms with Crippen LogP contribution in [0.4, 0.5) is 10.3 Å². The lowest BCUT2D eigenvalue weighted by Crippen LogP contribution is -2.28. The monoisotopic (exact) mass is 367 g/mol. The van der Waals surface area contributed by atoms with E-state index in [1.54, 1.807) is 6.92 Å². The van der Waals surface area contributed by atoms with Crippen molar-refractivity contribution in [2.24, 2.45) is 0 Å². The Labute approximate surface area is 147 Å². The van der Waals surface area contributed by atoms with Crippen LogP contribution in [0, 0.1) is 5.82 Å². The third kappa shape index (κ3) is 4.13. The summed E-state index contributed by atoms with van der Waals surface area (Å²) < 4.78 is 38.0. The van der Waals surface area contributed by atoms with E-state index in [2.05, 4.69) is 9.97 Å². The Balaban J connectivity index is 2.82. The molecule has 0 aliphatic rings. The van der Waals surface area contributed by atoms with Crippen molar-refractivity contribution < 1.29 is 17.9 Å². The van der Waals surface area contributed by atoms with Crippen LogP contribution in [0.2, 0.25) is 0 Å². The topological polar surface area (TPSA) is 83.4 Å². The lowest BCUT2D eigenvalue weighted by Gasteiger charge is -2.22. The number of anilines is 1. The maximum atomic E-state index is 13.3. The molecule has 25 heavy (non-hydrogen) atoms. The molecule has 1 heterocycles. The number of aromatic nitrogens is 2. The van der Waals surface area contributed by atoms with Crippen molar-refractivity contribution in [3.05, 3.63) is 41.3 Å². The first kappa shape index (κ1) is 19.3. The van der Waals surface area contributed by atoms with Gasteiger partial charge in [-0.2, -0.15) is 0 Å². The van der Waals surface area contributed by atoms with Crippen molar-refractivity contribution in [3.63, 3.8) is 0 Å². The molecule has 1 aromatic carbocycles. The molecule has 6 nitrogen and oxygen atoms in total. The number of benzene rings is 1. The Morgan fingerprint density at radius 3 is 2.12 bits per heavy atom. The van der Waals surface area contributed by atoms with E-state index < -0.39 is 21.9 Å². The zero-order valence-corrected chi connectivity index (χ0v) is 15.7. The van der Waals surface area contributed by atoms with Gasteiger partial charge in [0, 0.05) is 18.2 Å². The minimum absolute atomic E-state index is 0.00919. The average molecular weight is 367 g/mol. The maximum Gasteiger partial charge on any atom is 0.239 e. The first-order valence-electron chi connectivity index (χ1n) is 7.82. The summed E-state index contributed by atoms with van der Waals surface area (Å²) in [6, 6.07) is 5.66. The Hall–Kier alpha value is -2.06. The highest BCUT2D eigenvalue weighted by atomic mass is 32.2. The second-order valence-electron chi connectivity index (χ2n) is 6.24. The van der Waals surface area contributed by atoms with E-state index in [0.29, 0.717) is 22.5 Å². The summed E-state index contributed by atoms with van der Waals surface area (Å²) in [7, 11) is -2.18. The molecule has 0 radical (unpaired) electrons. The van der Waals surface area contributed by atoms with Gasteiger partial charge in [-0.15, -0.1) is 0 Å². The first-order valence-corrected chi connectivity index (χ1v) is 9.67. The lowest BCUT2D eigenvalue weighted by molar-refractivity contribution is 0.197. The molecule has 8 heteroatoms. The summed E-state index contributed by atoms with van der Waals surface area (Å²) in [6.07, 6.45) is 0.195. The highest BCUT2D eigenvalue weighted by Gasteiger charge is 2.24. The van der Waals surface area contributed by atoms with Crippen LogP contribution in [0.15, 0.2) is 24.3 Å². The summed E-state index contributed by atoms with van der Waals surface area (Å²) in [4.78, 5) is 8.72. The highest BCUT2D eigenvalue weighted by Crippen LogP contribution is 2.34. The van der Waals surface area contributed by atoms with Gasteiger partial charge in [-0.3, -0.25) is 0 Å². The van der Waals surface area contributed by atoms with Gasteiger partial charge >= 0.3 is 0 Å². The van der Waals surface area contributed by atoms with Crippen molar-refractivity contribution in [2.45, 2.75) is 32.8 Å². The molecular formula is C17H22FN3O3S. The lowest BCUT2D eigenvalue weighted by atomic mass is 9.95. The van der Waals surface area contributed by atoms with Crippen LogP contribution in [0.5, 0.6) is 0 Å². The molecule has 0 aliphatic carbocycles. The molecule has 0 spiro atoms. The van der Waals surface area contributed by atoms with E-state index in [4.69, 9.17) is 0 Å². The fraction of sp³-hybridized carbons (Fsp3) is 0.412. The number of nitrogens with zero attached hydrogens (tertiary/aromatic N) is 3. The third-order valence-electron chi connectivity index (χ3n) is 3.82. The summed E-state index contributed by atoms with van der Waals surface area (Å²) >= 11 is 0. The predicted octanol–water partition coefficient (Wildman–Crippen LogP) is 2.86. The SMILES string of the molecule is CC(C)c1nc(N(C)S(C)(=O)=O)nc(-c2ccc(F)cc2)c1C(C)O. The number of hydrogen-bond donors (Lipinski definition) is 1. The third-order valence-corrected chi connectivity index (χ3v) is 4.98. The molecule has 0 saturated carbocycles. The van der Waals surface area contributed by atoms with Gasteiger partial charge < -0.3 is 5.11 Å². The summed E-state index contributed by atoms with van der Waals surface area (Å²) in [5.74, 6) is -0.456. The van der Waals surface area contributed by atoms with Crippen LogP contribution in [-0.2, 0) is 10.0 Å². The molecule has 1 atom stereocenters.